The predicted octanol–water partition coefficient (Wildman–Crippen LogP) is 1.47. The van der Waals surface area contributed by atoms with Crippen molar-refractivity contribution in [1.29, 1.82) is 0 Å². The lowest BCUT2D eigenvalue weighted by Crippen LogP contribution is -2.58. The fourth-order valence-corrected chi connectivity index (χ4v) is 4.05. The van der Waals surface area contributed by atoms with Crippen LogP contribution in [0.15, 0.2) is 30.6 Å². The number of amides is 1. The molecule has 2 fully saturated rings. The van der Waals surface area contributed by atoms with Gasteiger partial charge in [-0.1, -0.05) is 12.1 Å². The highest BCUT2D eigenvalue weighted by molar-refractivity contribution is 5.94. The van der Waals surface area contributed by atoms with Crippen molar-refractivity contribution in [1.82, 2.24) is 25.4 Å². The zero-order valence-corrected chi connectivity index (χ0v) is 15.3. The van der Waals surface area contributed by atoms with Crippen LogP contribution in [0.4, 0.5) is 0 Å². The van der Waals surface area contributed by atoms with Crippen LogP contribution in [0, 0.1) is 5.41 Å². The van der Waals surface area contributed by atoms with Crippen molar-refractivity contribution in [2.45, 2.75) is 25.4 Å². The summed E-state index contributed by atoms with van der Waals surface area (Å²) in [6.07, 6.45) is 3.79. The summed E-state index contributed by atoms with van der Waals surface area (Å²) in [7, 11) is 0. The van der Waals surface area contributed by atoms with E-state index in [0.29, 0.717) is 17.9 Å². The maximum atomic E-state index is 12.9. The number of aliphatic hydroxyl groups is 1. The molecule has 3 heterocycles. The molecule has 1 spiro atoms. The molecule has 2 saturated heterocycles. The summed E-state index contributed by atoms with van der Waals surface area (Å²) in [4.78, 5) is 18.9. The molecular weight excluding hydrogens is 354 g/mol. The molecule has 0 unspecified atom stereocenters. The lowest BCUT2D eigenvalue weighted by molar-refractivity contribution is -0.0433. The molecule has 0 radical (unpaired) electrons. The molecule has 140 valence electrons. The first-order valence-electron chi connectivity index (χ1n) is 8.82. The minimum atomic E-state index is -0.335. The number of aliphatic hydroxyl groups excluding tert-OH is 1. The number of likely N-dealkylation sites (tertiary alicyclic amines) is 1. The van der Waals surface area contributed by atoms with E-state index in [-0.39, 0.29) is 29.8 Å². The fraction of sp³-hybridized carbons (Fsp3) is 0.500. The van der Waals surface area contributed by atoms with E-state index >= 15 is 0 Å². The van der Waals surface area contributed by atoms with Crippen molar-refractivity contribution in [3.8, 4) is 11.4 Å². The Morgan fingerprint density at radius 3 is 2.81 bits per heavy atom. The molecule has 2 aliphatic heterocycles. The third kappa shape index (κ3) is 3.47. The SMILES string of the molecule is Cl.O=C(c1ccc(-c2ncn[nH]2)cc1)N1CCC[C@]2(CNCC[C@@H]2O)C1. The van der Waals surface area contributed by atoms with Gasteiger partial charge >= 0.3 is 0 Å². The van der Waals surface area contributed by atoms with Gasteiger partial charge in [0.05, 0.1) is 6.10 Å². The first-order valence-corrected chi connectivity index (χ1v) is 8.82. The van der Waals surface area contributed by atoms with Crippen LogP contribution in [0.3, 0.4) is 0 Å². The molecule has 7 nitrogen and oxygen atoms in total. The Morgan fingerprint density at radius 2 is 2.12 bits per heavy atom. The smallest absolute Gasteiger partial charge is 0.253 e. The van der Waals surface area contributed by atoms with Crippen molar-refractivity contribution in [3.63, 3.8) is 0 Å². The third-order valence-electron chi connectivity index (χ3n) is 5.49. The van der Waals surface area contributed by atoms with E-state index in [4.69, 9.17) is 0 Å². The molecule has 0 saturated carbocycles. The maximum absolute atomic E-state index is 12.9. The van der Waals surface area contributed by atoms with E-state index < -0.39 is 0 Å². The average Bonchev–Trinajstić information content (AvgIpc) is 3.19. The number of rotatable bonds is 2. The summed E-state index contributed by atoms with van der Waals surface area (Å²) in [5.41, 5.74) is 1.36. The Bertz CT molecular complexity index is 733. The number of nitrogens with zero attached hydrogens (tertiary/aromatic N) is 3. The molecule has 2 aliphatic rings. The summed E-state index contributed by atoms with van der Waals surface area (Å²) in [5, 5.41) is 20.5. The highest BCUT2D eigenvalue weighted by atomic mass is 35.5. The molecule has 8 heteroatoms. The molecule has 0 aliphatic carbocycles. The Morgan fingerprint density at radius 1 is 1.31 bits per heavy atom. The number of aromatic nitrogens is 3. The second kappa shape index (κ2) is 7.73. The van der Waals surface area contributed by atoms with E-state index in [1.165, 1.54) is 6.33 Å². The Kier molecular flexibility index (Phi) is 5.60. The molecule has 0 bridgehead atoms. The number of aromatic amines is 1. The largest absolute Gasteiger partial charge is 0.392 e. The summed E-state index contributed by atoms with van der Waals surface area (Å²) in [5.74, 6) is 0.716. The summed E-state index contributed by atoms with van der Waals surface area (Å²) in [6.45, 7) is 2.99. The number of hydrogen-bond acceptors (Lipinski definition) is 5. The number of hydrogen-bond donors (Lipinski definition) is 3. The van der Waals surface area contributed by atoms with E-state index in [1.807, 2.05) is 29.2 Å². The number of carbonyl (C=O) groups excluding carboxylic acids is 1. The van der Waals surface area contributed by atoms with Crippen LogP contribution >= 0.6 is 12.4 Å². The molecule has 2 atom stereocenters. The number of nitrogens with one attached hydrogen (secondary N) is 2. The van der Waals surface area contributed by atoms with Crippen LogP contribution in [0.1, 0.15) is 29.6 Å². The highest BCUT2D eigenvalue weighted by Crippen LogP contribution is 2.36. The quantitative estimate of drug-likeness (QED) is 0.736. The van der Waals surface area contributed by atoms with E-state index in [1.54, 1.807) is 0 Å². The first kappa shape index (κ1) is 18.8. The van der Waals surface area contributed by atoms with Crippen LogP contribution in [-0.2, 0) is 0 Å². The fourth-order valence-electron chi connectivity index (χ4n) is 4.05. The molecule has 1 aromatic carbocycles. The summed E-state index contributed by atoms with van der Waals surface area (Å²) >= 11 is 0. The van der Waals surface area contributed by atoms with E-state index in [9.17, 15) is 9.90 Å². The van der Waals surface area contributed by atoms with Gasteiger partial charge in [0.25, 0.3) is 5.91 Å². The van der Waals surface area contributed by atoms with Gasteiger partial charge in [-0.2, -0.15) is 5.10 Å². The van der Waals surface area contributed by atoms with Crippen molar-refractivity contribution in [2.75, 3.05) is 26.2 Å². The van der Waals surface area contributed by atoms with Crippen LogP contribution in [0.2, 0.25) is 0 Å². The van der Waals surface area contributed by atoms with Crippen LogP contribution in [0.5, 0.6) is 0 Å². The lowest BCUT2D eigenvalue weighted by atomic mass is 9.72. The van der Waals surface area contributed by atoms with E-state index in [0.717, 1.165) is 44.5 Å². The van der Waals surface area contributed by atoms with Gasteiger partial charge in [0.2, 0.25) is 0 Å². The lowest BCUT2D eigenvalue weighted by Gasteiger charge is -2.48. The van der Waals surface area contributed by atoms with Crippen LogP contribution in [-0.4, -0.2) is 63.4 Å². The van der Waals surface area contributed by atoms with Gasteiger partial charge in [0.1, 0.15) is 6.33 Å². The maximum Gasteiger partial charge on any atom is 0.253 e. The molecule has 26 heavy (non-hydrogen) atoms. The Balaban J connectivity index is 0.00000196. The molecule has 1 amide bonds. The van der Waals surface area contributed by atoms with Crippen LogP contribution < -0.4 is 5.32 Å². The minimum absolute atomic E-state index is 0. The molecule has 2 aromatic rings. The molecule has 4 rings (SSSR count). The standard InChI is InChI=1S/C18H23N5O2.ClH/c24-15-6-8-19-10-18(15)7-1-9-23(11-18)17(25)14-4-2-13(3-5-14)16-20-12-21-22-16;/h2-5,12,15,19,24H,1,6-11H2,(H,20,21,22);1H/t15-,18-;/m0./s1. The van der Waals surface area contributed by atoms with Gasteiger partial charge in [-0.05, 0) is 37.9 Å². The Labute approximate surface area is 158 Å². The van der Waals surface area contributed by atoms with Crippen molar-refractivity contribution in [3.05, 3.63) is 36.2 Å². The second-order valence-electron chi connectivity index (χ2n) is 7.09. The van der Waals surface area contributed by atoms with E-state index in [2.05, 4.69) is 20.5 Å². The zero-order valence-electron chi connectivity index (χ0n) is 14.5. The van der Waals surface area contributed by atoms with Crippen LogP contribution in [0.25, 0.3) is 11.4 Å². The number of carbonyl (C=O) groups is 1. The van der Waals surface area contributed by atoms with Crippen molar-refractivity contribution in [2.24, 2.45) is 5.41 Å². The summed E-state index contributed by atoms with van der Waals surface area (Å²) < 4.78 is 0. The molecule has 1 aromatic heterocycles. The van der Waals surface area contributed by atoms with Gasteiger partial charge in [0.15, 0.2) is 5.82 Å². The zero-order chi connectivity index (χ0) is 17.3. The van der Waals surface area contributed by atoms with Gasteiger partial charge in [-0.15, -0.1) is 12.4 Å². The predicted molar refractivity (Wildman–Crippen MR) is 100 cm³/mol. The molecular formula is C18H24ClN5O2. The van der Waals surface area contributed by atoms with Gasteiger partial charge in [-0.3, -0.25) is 9.89 Å². The van der Waals surface area contributed by atoms with Gasteiger partial charge in [0, 0.05) is 36.2 Å². The highest BCUT2D eigenvalue weighted by Gasteiger charge is 2.44. The first-order chi connectivity index (χ1) is 12.2. The minimum Gasteiger partial charge on any atom is -0.392 e. The second-order valence-corrected chi connectivity index (χ2v) is 7.09. The summed E-state index contributed by atoms with van der Waals surface area (Å²) in [6, 6.07) is 7.42. The topological polar surface area (TPSA) is 94.1 Å². The van der Waals surface area contributed by atoms with Crippen molar-refractivity contribution >= 4 is 18.3 Å². The normalized spacial score (nSPS) is 25.7. The monoisotopic (exact) mass is 377 g/mol. The van der Waals surface area contributed by atoms with Gasteiger partial charge in [-0.25, -0.2) is 4.98 Å². The number of halogens is 1. The average molecular weight is 378 g/mol. The van der Waals surface area contributed by atoms with Gasteiger partial charge < -0.3 is 15.3 Å². The van der Waals surface area contributed by atoms with Crippen molar-refractivity contribution < 1.29 is 9.90 Å². The Hall–Kier alpha value is -1.96. The molecule has 3 N–H and O–H groups in total. The number of H-pyrrole nitrogens is 1. The third-order valence-corrected chi connectivity index (χ3v) is 5.49. The number of benzene rings is 1. The number of piperidine rings is 2.